The average Bonchev–Trinajstić information content (AvgIpc) is 3.24. The number of anilines is 1. The average molecular weight is 557 g/mol. The van der Waals surface area contributed by atoms with Gasteiger partial charge in [0.1, 0.15) is 17.9 Å². The maximum atomic E-state index is 6.06. The Kier molecular flexibility index (Phi) is 8.05. The zero-order valence-electron chi connectivity index (χ0n) is 20.8. The quantitative estimate of drug-likeness (QED) is 0.104. The van der Waals surface area contributed by atoms with E-state index in [1.807, 2.05) is 54.6 Å². The van der Waals surface area contributed by atoms with Crippen molar-refractivity contribution in [2.75, 3.05) is 5.43 Å². The van der Waals surface area contributed by atoms with Gasteiger partial charge in [-0.15, -0.1) is 10.2 Å². The first kappa shape index (κ1) is 24.9. The van der Waals surface area contributed by atoms with Crippen molar-refractivity contribution in [2.24, 2.45) is 5.10 Å². The number of fused-ring (bicyclic) bond motifs is 3. The molecule has 37 heavy (non-hydrogen) atoms. The zero-order chi connectivity index (χ0) is 25.5. The van der Waals surface area contributed by atoms with Crippen LogP contribution >= 0.6 is 15.9 Å². The predicted molar refractivity (Wildman–Crippen MR) is 153 cm³/mol. The summed E-state index contributed by atoms with van der Waals surface area (Å²) in [5, 5.41) is 14.2. The molecule has 0 aliphatic carbocycles. The highest BCUT2D eigenvalue weighted by Gasteiger charge is 2.14. The molecule has 0 fully saturated rings. The smallest absolute Gasteiger partial charge is 0.265 e. The molecule has 1 N–H and O–H groups in total. The number of ether oxygens (including phenoxy) is 1. The molecule has 7 nitrogen and oxygen atoms in total. The minimum absolute atomic E-state index is 0.350. The molecule has 0 amide bonds. The predicted octanol–water partition coefficient (Wildman–Crippen LogP) is 7.35. The second kappa shape index (κ2) is 12.0. The fraction of sp³-hybridized carbons (Fsp3) is 0.241. The van der Waals surface area contributed by atoms with Gasteiger partial charge in [-0.25, -0.2) is 5.43 Å². The second-order valence-electron chi connectivity index (χ2n) is 8.86. The second-order valence-corrected chi connectivity index (χ2v) is 9.78. The maximum Gasteiger partial charge on any atom is 0.265 e. The van der Waals surface area contributed by atoms with Gasteiger partial charge in [-0.3, -0.25) is 0 Å². The molecular formula is C29H29BrN6O. The van der Waals surface area contributed by atoms with Gasteiger partial charge in [0.05, 0.1) is 11.7 Å². The van der Waals surface area contributed by atoms with Crippen LogP contribution in [0.4, 0.5) is 5.95 Å². The minimum Gasteiger partial charge on any atom is -0.488 e. The number of aromatic nitrogens is 4. The molecule has 0 spiro atoms. The number of hydrogen-bond donors (Lipinski definition) is 1. The number of halogens is 1. The molecule has 3 aromatic carbocycles. The van der Waals surface area contributed by atoms with Crippen LogP contribution in [0, 0.1) is 0 Å². The van der Waals surface area contributed by atoms with Crippen LogP contribution in [0.3, 0.4) is 0 Å². The summed E-state index contributed by atoms with van der Waals surface area (Å²) in [6, 6.07) is 24.2. The van der Waals surface area contributed by atoms with E-state index >= 15 is 0 Å². The lowest BCUT2D eigenvalue weighted by molar-refractivity contribution is 0.306. The third-order valence-electron chi connectivity index (χ3n) is 6.19. The van der Waals surface area contributed by atoms with E-state index in [2.05, 4.69) is 66.3 Å². The van der Waals surface area contributed by atoms with E-state index in [1.165, 1.54) is 19.3 Å². The van der Waals surface area contributed by atoms with Gasteiger partial charge in [0.25, 0.3) is 5.95 Å². The molecule has 2 aromatic heterocycles. The summed E-state index contributed by atoms with van der Waals surface area (Å²) in [6.07, 6.45) is 6.44. The van der Waals surface area contributed by atoms with Gasteiger partial charge in [-0.2, -0.15) is 10.1 Å². The van der Waals surface area contributed by atoms with Crippen LogP contribution in [-0.2, 0) is 13.2 Å². The highest BCUT2D eigenvalue weighted by atomic mass is 79.9. The van der Waals surface area contributed by atoms with Crippen LogP contribution in [-0.4, -0.2) is 26.0 Å². The number of para-hydroxylation sites is 1. The number of hydrogen-bond acceptors (Lipinski definition) is 6. The number of unbranched alkanes of at least 4 members (excludes halogenated alkanes) is 3. The molecule has 0 radical (unpaired) electrons. The number of rotatable bonds is 11. The van der Waals surface area contributed by atoms with E-state index in [-0.39, 0.29) is 0 Å². The summed E-state index contributed by atoms with van der Waals surface area (Å²) in [7, 11) is 0. The van der Waals surface area contributed by atoms with Crippen molar-refractivity contribution in [3.8, 4) is 5.75 Å². The van der Waals surface area contributed by atoms with Gasteiger partial charge in [-0.05, 0) is 36.2 Å². The third kappa shape index (κ3) is 5.97. The Morgan fingerprint density at radius 1 is 0.973 bits per heavy atom. The Morgan fingerprint density at radius 2 is 1.81 bits per heavy atom. The van der Waals surface area contributed by atoms with E-state index in [0.717, 1.165) is 56.4 Å². The number of aryl methyl sites for hydroxylation is 1. The van der Waals surface area contributed by atoms with E-state index in [0.29, 0.717) is 12.6 Å². The Bertz CT molecular complexity index is 1520. The Balaban J connectivity index is 1.36. The van der Waals surface area contributed by atoms with Gasteiger partial charge in [-0.1, -0.05) is 90.6 Å². The van der Waals surface area contributed by atoms with Gasteiger partial charge < -0.3 is 9.30 Å². The number of hydrazone groups is 1. The van der Waals surface area contributed by atoms with Crippen molar-refractivity contribution in [2.45, 2.75) is 45.8 Å². The van der Waals surface area contributed by atoms with E-state index in [1.54, 1.807) is 6.21 Å². The van der Waals surface area contributed by atoms with E-state index in [4.69, 9.17) is 9.72 Å². The number of nitrogens with zero attached hydrogens (tertiary/aromatic N) is 5. The fourth-order valence-electron chi connectivity index (χ4n) is 4.32. The van der Waals surface area contributed by atoms with Crippen molar-refractivity contribution in [3.05, 3.63) is 88.4 Å². The van der Waals surface area contributed by atoms with Crippen molar-refractivity contribution >= 4 is 50.2 Å². The van der Waals surface area contributed by atoms with E-state index < -0.39 is 0 Å². The molecule has 0 unspecified atom stereocenters. The fourth-order valence-corrected chi connectivity index (χ4v) is 4.70. The lowest BCUT2D eigenvalue weighted by atomic mass is 10.2. The molecule has 0 aliphatic heterocycles. The SMILES string of the molecule is CCCCCCn1c2ccccc2c2nnc(N/N=C/c3cc(Br)ccc3OCc3ccccc3)nc21. The molecule has 5 aromatic rings. The van der Waals surface area contributed by atoms with Gasteiger partial charge >= 0.3 is 0 Å². The number of benzene rings is 3. The molecule has 0 saturated carbocycles. The summed E-state index contributed by atoms with van der Waals surface area (Å²) >= 11 is 3.54. The van der Waals surface area contributed by atoms with Crippen LogP contribution in [0.25, 0.3) is 22.1 Å². The van der Waals surface area contributed by atoms with Gasteiger partial charge in [0.15, 0.2) is 5.65 Å². The molecule has 5 rings (SSSR count). The van der Waals surface area contributed by atoms with Crippen LogP contribution in [0.1, 0.15) is 43.7 Å². The lowest BCUT2D eigenvalue weighted by Gasteiger charge is -2.09. The summed E-state index contributed by atoms with van der Waals surface area (Å²) in [5.41, 5.74) is 7.64. The summed E-state index contributed by atoms with van der Waals surface area (Å²) in [6.45, 7) is 3.59. The first-order valence-corrected chi connectivity index (χ1v) is 13.4. The number of nitrogens with one attached hydrogen (secondary N) is 1. The molecule has 0 saturated heterocycles. The molecule has 8 heteroatoms. The van der Waals surface area contributed by atoms with Crippen LogP contribution in [0.15, 0.2) is 82.4 Å². The normalized spacial score (nSPS) is 11.5. The lowest BCUT2D eigenvalue weighted by Crippen LogP contribution is -2.04. The third-order valence-corrected chi connectivity index (χ3v) is 6.68. The molecule has 0 bridgehead atoms. The standard InChI is InChI=1S/C29H29BrN6O/c1-2-3-4-10-17-36-25-14-9-8-13-24(25)27-28(36)32-29(35-33-27)34-31-19-22-18-23(30)15-16-26(22)37-20-21-11-6-5-7-12-21/h5-9,11-16,18-19H,2-4,10,17,20H2,1H3,(H,32,34,35)/b31-19+. The molecule has 2 heterocycles. The Morgan fingerprint density at radius 3 is 2.68 bits per heavy atom. The van der Waals surface area contributed by atoms with Crippen molar-refractivity contribution in [1.29, 1.82) is 0 Å². The van der Waals surface area contributed by atoms with Crippen molar-refractivity contribution in [3.63, 3.8) is 0 Å². The van der Waals surface area contributed by atoms with Crippen LogP contribution in [0.2, 0.25) is 0 Å². The minimum atomic E-state index is 0.350. The molecule has 188 valence electrons. The summed E-state index contributed by atoms with van der Waals surface area (Å²) in [5.74, 6) is 1.09. The zero-order valence-corrected chi connectivity index (χ0v) is 22.4. The van der Waals surface area contributed by atoms with Crippen molar-refractivity contribution in [1.82, 2.24) is 19.7 Å². The Labute approximate surface area is 224 Å². The molecule has 0 aliphatic rings. The Hall–Kier alpha value is -3.78. The monoisotopic (exact) mass is 556 g/mol. The largest absolute Gasteiger partial charge is 0.488 e. The van der Waals surface area contributed by atoms with Crippen LogP contribution < -0.4 is 10.2 Å². The topological polar surface area (TPSA) is 77.2 Å². The van der Waals surface area contributed by atoms with Crippen molar-refractivity contribution < 1.29 is 4.74 Å². The summed E-state index contributed by atoms with van der Waals surface area (Å²) < 4.78 is 9.24. The van der Waals surface area contributed by atoms with Gasteiger partial charge in [0, 0.05) is 22.0 Å². The van der Waals surface area contributed by atoms with Gasteiger partial charge in [0.2, 0.25) is 0 Å². The van der Waals surface area contributed by atoms with E-state index in [9.17, 15) is 0 Å². The first-order valence-electron chi connectivity index (χ1n) is 12.6. The first-order chi connectivity index (χ1) is 18.2. The van der Waals surface area contributed by atoms with Crippen LogP contribution in [0.5, 0.6) is 5.75 Å². The highest BCUT2D eigenvalue weighted by molar-refractivity contribution is 9.10. The summed E-state index contributed by atoms with van der Waals surface area (Å²) in [4.78, 5) is 4.78. The molecular weight excluding hydrogens is 528 g/mol. The maximum absolute atomic E-state index is 6.06. The molecule has 0 atom stereocenters. The highest BCUT2D eigenvalue weighted by Crippen LogP contribution is 2.27.